The third kappa shape index (κ3) is 2.63. The predicted molar refractivity (Wildman–Crippen MR) is 67.7 cm³/mol. The molecule has 1 heterocycles. The summed E-state index contributed by atoms with van der Waals surface area (Å²) in [6.45, 7) is 1.78. The molecule has 0 radical (unpaired) electrons. The lowest BCUT2D eigenvalue weighted by molar-refractivity contribution is 0.102. The largest absolute Gasteiger partial charge is 0.399 e. The molecule has 0 atom stereocenters. The normalized spacial score (nSPS) is 10.1. The molecule has 0 fully saturated rings. The van der Waals surface area contributed by atoms with Crippen LogP contribution in [0.2, 0.25) is 0 Å². The molecule has 92 valence electrons. The van der Waals surface area contributed by atoms with Gasteiger partial charge in [0.15, 0.2) is 0 Å². The first kappa shape index (κ1) is 12.0. The molecule has 0 spiro atoms. The van der Waals surface area contributed by atoms with Gasteiger partial charge >= 0.3 is 0 Å². The predicted octanol–water partition coefficient (Wildman–Crippen LogP) is 2.36. The molecule has 1 aromatic carbocycles. The summed E-state index contributed by atoms with van der Waals surface area (Å²) in [4.78, 5) is 15.9. The van der Waals surface area contributed by atoms with Crippen molar-refractivity contribution in [2.45, 2.75) is 6.92 Å². The van der Waals surface area contributed by atoms with E-state index in [2.05, 4.69) is 10.3 Å². The van der Waals surface area contributed by atoms with E-state index in [1.165, 1.54) is 18.3 Å². The van der Waals surface area contributed by atoms with Gasteiger partial charge in [0, 0.05) is 23.1 Å². The molecule has 0 aliphatic carbocycles. The third-order valence-electron chi connectivity index (χ3n) is 2.40. The van der Waals surface area contributed by atoms with Gasteiger partial charge in [-0.25, -0.2) is 4.39 Å². The highest BCUT2D eigenvalue weighted by molar-refractivity contribution is 6.04. The second-order valence-corrected chi connectivity index (χ2v) is 3.88. The number of aryl methyl sites for hydroxylation is 1. The maximum Gasteiger partial charge on any atom is 0.255 e. The van der Waals surface area contributed by atoms with Gasteiger partial charge < -0.3 is 11.1 Å². The number of anilines is 2. The molecular weight excluding hydrogens is 233 g/mol. The number of carbonyl (C=O) groups excluding carboxylic acids is 1. The summed E-state index contributed by atoms with van der Waals surface area (Å²) < 4.78 is 13.5. The van der Waals surface area contributed by atoms with E-state index in [-0.39, 0.29) is 11.6 Å². The zero-order chi connectivity index (χ0) is 13.1. The monoisotopic (exact) mass is 245 g/mol. The van der Waals surface area contributed by atoms with Crippen LogP contribution in [0.15, 0.2) is 36.5 Å². The molecule has 3 N–H and O–H groups in total. The molecule has 1 aromatic heterocycles. The number of rotatable bonds is 2. The van der Waals surface area contributed by atoms with Crippen molar-refractivity contribution in [1.29, 1.82) is 0 Å². The maximum absolute atomic E-state index is 13.5. The van der Waals surface area contributed by atoms with E-state index in [1.807, 2.05) is 0 Å². The highest BCUT2D eigenvalue weighted by Gasteiger charge is 2.09. The van der Waals surface area contributed by atoms with Crippen LogP contribution in [0.3, 0.4) is 0 Å². The van der Waals surface area contributed by atoms with E-state index >= 15 is 0 Å². The van der Waals surface area contributed by atoms with Gasteiger partial charge in [-0.2, -0.15) is 0 Å². The fraction of sp³-hybridized carbons (Fsp3) is 0.0769. The Labute approximate surface area is 104 Å². The molecule has 4 nitrogen and oxygen atoms in total. The van der Waals surface area contributed by atoms with Crippen molar-refractivity contribution < 1.29 is 9.18 Å². The average molecular weight is 245 g/mol. The van der Waals surface area contributed by atoms with Crippen LogP contribution in [0.5, 0.6) is 0 Å². The molecule has 0 aliphatic heterocycles. The van der Waals surface area contributed by atoms with E-state index < -0.39 is 5.82 Å². The van der Waals surface area contributed by atoms with Gasteiger partial charge in [-0.05, 0) is 37.3 Å². The van der Waals surface area contributed by atoms with Gasteiger partial charge in [0.2, 0.25) is 0 Å². The van der Waals surface area contributed by atoms with Crippen molar-refractivity contribution in [3.63, 3.8) is 0 Å². The molecule has 18 heavy (non-hydrogen) atoms. The molecule has 2 aromatic rings. The van der Waals surface area contributed by atoms with Crippen molar-refractivity contribution in [3.05, 3.63) is 53.6 Å². The quantitative estimate of drug-likeness (QED) is 0.798. The highest BCUT2D eigenvalue weighted by Crippen LogP contribution is 2.17. The number of nitrogens with one attached hydrogen (secondary N) is 1. The summed E-state index contributed by atoms with van der Waals surface area (Å²) in [5.74, 6) is -0.946. The molecule has 0 saturated carbocycles. The van der Waals surface area contributed by atoms with E-state index in [0.717, 1.165) is 11.8 Å². The number of amides is 1. The van der Waals surface area contributed by atoms with Crippen molar-refractivity contribution in [1.82, 2.24) is 4.98 Å². The molecule has 0 saturated heterocycles. The number of hydrogen-bond acceptors (Lipinski definition) is 3. The zero-order valence-electron chi connectivity index (χ0n) is 9.77. The first-order valence-electron chi connectivity index (χ1n) is 5.35. The number of aromatic nitrogens is 1. The molecule has 0 bridgehead atoms. The van der Waals surface area contributed by atoms with E-state index in [4.69, 9.17) is 5.73 Å². The van der Waals surface area contributed by atoms with Crippen molar-refractivity contribution in [2.24, 2.45) is 0 Å². The minimum Gasteiger partial charge on any atom is -0.399 e. The fourth-order valence-corrected chi connectivity index (χ4v) is 1.51. The third-order valence-corrected chi connectivity index (χ3v) is 2.40. The summed E-state index contributed by atoms with van der Waals surface area (Å²) in [6.07, 6.45) is 1.53. The number of nitrogen functional groups attached to an aromatic ring is 1. The van der Waals surface area contributed by atoms with E-state index in [0.29, 0.717) is 11.3 Å². The first-order valence-corrected chi connectivity index (χ1v) is 5.35. The molecule has 5 heteroatoms. The van der Waals surface area contributed by atoms with Crippen LogP contribution in [-0.2, 0) is 0 Å². The van der Waals surface area contributed by atoms with Crippen LogP contribution in [0.25, 0.3) is 0 Å². The Kier molecular flexibility index (Phi) is 3.23. The highest BCUT2D eigenvalue weighted by atomic mass is 19.1. The van der Waals surface area contributed by atoms with Crippen LogP contribution in [-0.4, -0.2) is 10.9 Å². The van der Waals surface area contributed by atoms with Crippen LogP contribution >= 0.6 is 0 Å². The lowest BCUT2D eigenvalue weighted by atomic mass is 10.2. The maximum atomic E-state index is 13.5. The van der Waals surface area contributed by atoms with Gasteiger partial charge in [-0.1, -0.05) is 0 Å². The number of hydrogen-bond donors (Lipinski definition) is 2. The Morgan fingerprint density at radius 1 is 1.33 bits per heavy atom. The van der Waals surface area contributed by atoms with E-state index in [9.17, 15) is 9.18 Å². The number of pyridine rings is 1. The summed E-state index contributed by atoms with van der Waals surface area (Å²) in [5.41, 5.74) is 6.99. The number of nitrogens with zero attached hydrogens (tertiary/aromatic N) is 1. The molecule has 2 rings (SSSR count). The van der Waals surface area contributed by atoms with Gasteiger partial charge in [0.1, 0.15) is 5.82 Å². The molecular formula is C13H12FN3O. The topological polar surface area (TPSA) is 68.0 Å². The Morgan fingerprint density at radius 3 is 2.78 bits per heavy atom. The van der Waals surface area contributed by atoms with Crippen molar-refractivity contribution >= 4 is 17.3 Å². The molecule has 0 unspecified atom stereocenters. The summed E-state index contributed by atoms with van der Waals surface area (Å²) in [7, 11) is 0. The Hall–Kier alpha value is -2.43. The van der Waals surface area contributed by atoms with Gasteiger partial charge in [-0.15, -0.1) is 0 Å². The lowest BCUT2D eigenvalue weighted by Crippen LogP contribution is -2.13. The van der Waals surface area contributed by atoms with Gasteiger partial charge in [-0.3, -0.25) is 9.78 Å². The lowest BCUT2D eigenvalue weighted by Gasteiger charge is -2.07. The van der Waals surface area contributed by atoms with Crippen molar-refractivity contribution in [3.8, 4) is 0 Å². The first-order chi connectivity index (χ1) is 8.56. The summed E-state index contributed by atoms with van der Waals surface area (Å²) in [6, 6.07) is 7.31. The SMILES string of the molecule is Cc1cc(C(=O)Nc2ccc(N)cc2F)ccn1. The van der Waals surface area contributed by atoms with Crippen LogP contribution in [0, 0.1) is 12.7 Å². The summed E-state index contributed by atoms with van der Waals surface area (Å²) >= 11 is 0. The van der Waals surface area contributed by atoms with Crippen LogP contribution in [0.1, 0.15) is 16.1 Å². The Bertz CT molecular complexity index is 599. The number of benzene rings is 1. The fourth-order valence-electron chi connectivity index (χ4n) is 1.51. The van der Waals surface area contributed by atoms with Crippen molar-refractivity contribution in [2.75, 3.05) is 11.1 Å². The van der Waals surface area contributed by atoms with Crippen LogP contribution < -0.4 is 11.1 Å². The zero-order valence-corrected chi connectivity index (χ0v) is 9.77. The Morgan fingerprint density at radius 2 is 2.11 bits per heavy atom. The summed E-state index contributed by atoms with van der Waals surface area (Å²) in [5, 5.41) is 2.48. The Balaban J connectivity index is 2.21. The van der Waals surface area contributed by atoms with E-state index in [1.54, 1.807) is 19.1 Å². The minimum absolute atomic E-state index is 0.101. The van der Waals surface area contributed by atoms with Gasteiger partial charge in [0.25, 0.3) is 5.91 Å². The standard InChI is InChI=1S/C13H12FN3O/c1-8-6-9(4-5-16-8)13(18)17-12-3-2-10(15)7-11(12)14/h2-7H,15H2,1H3,(H,17,18). The minimum atomic E-state index is -0.561. The molecule has 1 amide bonds. The second-order valence-electron chi connectivity index (χ2n) is 3.88. The average Bonchev–Trinajstić information content (AvgIpc) is 2.32. The van der Waals surface area contributed by atoms with Crippen LogP contribution in [0.4, 0.5) is 15.8 Å². The molecule has 0 aliphatic rings. The smallest absolute Gasteiger partial charge is 0.255 e. The number of carbonyl (C=O) groups is 1. The second kappa shape index (κ2) is 4.83. The number of nitrogens with two attached hydrogens (primary N) is 1. The van der Waals surface area contributed by atoms with Gasteiger partial charge in [0.05, 0.1) is 5.69 Å². The number of halogens is 1.